The van der Waals surface area contributed by atoms with Crippen LogP contribution in [0.15, 0.2) is 18.2 Å². The number of carbonyl (C=O) groups is 1. The predicted molar refractivity (Wildman–Crippen MR) is 76.9 cm³/mol. The van der Waals surface area contributed by atoms with Gasteiger partial charge in [0.2, 0.25) is 0 Å². The minimum Gasteiger partial charge on any atom is -0.478 e. The van der Waals surface area contributed by atoms with Crippen molar-refractivity contribution in [3.63, 3.8) is 0 Å². The van der Waals surface area contributed by atoms with E-state index in [4.69, 9.17) is 5.11 Å². The van der Waals surface area contributed by atoms with E-state index in [0.29, 0.717) is 10.8 Å². The van der Waals surface area contributed by atoms with Crippen LogP contribution in [0.25, 0.3) is 0 Å². The van der Waals surface area contributed by atoms with Crippen molar-refractivity contribution < 1.29 is 9.90 Å². The molecule has 1 aromatic rings. The Kier molecular flexibility index (Phi) is 4.17. The second-order valence-corrected chi connectivity index (χ2v) is 6.06. The van der Waals surface area contributed by atoms with Crippen LogP contribution in [0.2, 0.25) is 0 Å². The van der Waals surface area contributed by atoms with E-state index in [1.165, 1.54) is 6.42 Å². The van der Waals surface area contributed by atoms with Gasteiger partial charge >= 0.3 is 5.97 Å². The van der Waals surface area contributed by atoms with Crippen LogP contribution in [0.1, 0.15) is 29.3 Å². The van der Waals surface area contributed by atoms with Crippen LogP contribution < -0.4 is 4.90 Å². The number of thioether (sulfide) groups is 1. The summed E-state index contributed by atoms with van der Waals surface area (Å²) in [7, 11) is 0. The SMILES string of the molecule is CCC1CN(c2ccc(C(=O)O)c(C)c2)CCS1. The molecule has 0 bridgehead atoms. The van der Waals surface area contributed by atoms with Crippen LogP contribution in [-0.2, 0) is 0 Å². The second-order valence-electron chi connectivity index (χ2n) is 4.65. The lowest BCUT2D eigenvalue weighted by molar-refractivity contribution is 0.0696. The van der Waals surface area contributed by atoms with Gasteiger partial charge in [-0.15, -0.1) is 0 Å². The van der Waals surface area contributed by atoms with Crippen molar-refractivity contribution in [2.24, 2.45) is 0 Å². The van der Waals surface area contributed by atoms with Gasteiger partial charge in [-0.25, -0.2) is 4.79 Å². The van der Waals surface area contributed by atoms with Crippen molar-refractivity contribution in [2.45, 2.75) is 25.5 Å². The first-order valence-corrected chi connectivity index (χ1v) is 7.37. The largest absolute Gasteiger partial charge is 0.478 e. The lowest BCUT2D eigenvalue weighted by atomic mass is 10.1. The maximum atomic E-state index is 11.0. The minimum absolute atomic E-state index is 0.400. The quantitative estimate of drug-likeness (QED) is 0.912. The van der Waals surface area contributed by atoms with E-state index in [-0.39, 0.29) is 0 Å². The summed E-state index contributed by atoms with van der Waals surface area (Å²) in [5.41, 5.74) is 2.39. The van der Waals surface area contributed by atoms with Crippen LogP contribution in [0.4, 0.5) is 5.69 Å². The lowest BCUT2D eigenvalue weighted by Gasteiger charge is -2.34. The third-order valence-corrected chi connectivity index (χ3v) is 4.77. The van der Waals surface area contributed by atoms with Gasteiger partial charge in [-0.3, -0.25) is 0 Å². The van der Waals surface area contributed by atoms with Gasteiger partial charge in [-0.2, -0.15) is 11.8 Å². The highest BCUT2D eigenvalue weighted by Crippen LogP contribution is 2.27. The van der Waals surface area contributed by atoms with Crippen molar-refractivity contribution in [1.29, 1.82) is 0 Å². The Balaban J connectivity index is 2.18. The maximum Gasteiger partial charge on any atom is 0.335 e. The lowest BCUT2D eigenvalue weighted by Crippen LogP contribution is -2.37. The number of aromatic carboxylic acids is 1. The zero-order chi connectivity index (χ0) is 13.1. The molecule has 18 heavy (non-hydrogen) atoms. The zero-order valence-corrected chi connectivity index (χ0v) is 11.7. The number of aryl methyl sites for hydroxylation is 1. The van der Waals surface area contributed by atoms with Crippen LogP contribution >= 0.6 is 11.8 Å². The minimum atomic E-state index is -0.848. The maximum absolute atomic E-state index is 11.0. The molecular weight excluding hydrogens is 246 g/mol. The summed E-state index contributed by atoms with van der Waals surface area (Å²) in [5.74, 6) is 0.304. The summed E-state index contributed by atoms with van der Waals surface area (Å²) in [6, 6.07) is 5.64. The number of benzene rings is 1. The van der Waals surface area contributed by atoms with Gasteiger partial charge in [0.1, 0.15) is 0 Å². The van der Waals surface area contributed by atoms with E-state index in [1.54, 1.807) is 6.07 Å². The highest BCUT2D eigenvalue weighted by Gasteiger charge is 2.19. The van der Waals surface area contributed by atoms with E-state index >= 15 is 0 Å². The highest BCUT2D eigenvalue weighted by atomic mass is 32.2. The summed E-state index contributed by atoms with van der Waals surface area (Å²) >= 11 is 2.04. The Morgan fingerprint density at radius 2 is 2.33 bits per heavy atom. The Morgan fingerprint density at radius 1 is 1.56 bits per heavy atom. The molecule has 0 spiro atoms. The molecule has 0 amide bonds. The van der Waals surface area contributed by atoms with Gasteiger partial charge in [-0.1, -0.05) is 6.92 Å². The van der Waals surface area contributed by atoms with Crippen molar-refractivity contribution in [2.75, 3.05) is 23.7 Å². The van der Waals surface area contributed by atoms with Gasteiger partial charge in [0, 0.05) is 29.8 Å². The Bertz CT molecular complexity index is 447. The number of carboxylic acid groups (broad SMARTS) is 1. The van der Waals surface area contributed by atoms with Crippen molar-refractivity contribution >= 4 is 23.4 Å². The van der Waals surface area contributed by atoms with Gasteiger partial charge in [0.15, 0.2) is 0 Å². The number of hydrogen-bond acceptors (Lipinski definition) is 3. The molecule has 0 saturated carbocycles. The summed E-state index contributed by atoms with van der Waals surface area (Å²) in [5, 5.41) is 9.72. The predicted octanol–water partition coefficient (Wildman–Crippen LogP) is 3.03. The van der Waals surface area contributed by atoms with Crippen molar-refractivity contribution in [3.8, 4) is 0 Å². The number of hydrogen-bond donors (Lipinski definition) is 1. The Labute approximate surface area is 112 Å². The average Bonchev–Trinajstić information content (AvgIpc) is 2.38. The summed E-state index contributed by atoms with van der Waals surface area (Å²) in [4.78, 5) is 13.4. The number of carboxylic acids is 1. The van der Waals surface area contributed by atoms with Gasteiger partial charge < -0.3 is 10.0 Å². The second kappa shape index (κ2) is 5.65. The van der Waals surface area contributed by atoms with Crippen molar-refractivity contribution in [3.05, 3.63) is 29.3 Å². The van der Waals surface area contributed by atoms with E-state index in [9.17, 15) is 4.79 Å². The molecule has 1 N–H and O–H groups in total. The fourth-order valence-electron chi connectivity index (χ4n) is 2.29. The van der Waals surface area contributed by atoms with E-state index in [2.05, 4.69) is 11.8 Å². The summed E-state index contributed by atoms with van der Waals surface area (Å²) in [6.07, 6.45) is 1.19. The summed E-state index contributed by atoms with van der Waals surface area (Å²) < 4.78 is 0. The molecule has 0 aromatic heterocycles. The van der Waals surface area contributed by atoms with E-state index < -0.39 is 5.97 Å². The zero-order valence-electron chi connectivity index (χ0n) is 10.8. The smallest absolute Gasteiger partial charge is 0.335 e. The standard InChI is InChI=1S/C14H19NO2S/c1-3-12-9-15(6-7-18-12)11-4-5-13(14(16)17)10(2)8-11/h4-5,8,12H,3,6-7,9H2,1-2H3,(H,16,17). The fraction of sp³-hybridized carbons (Fsp3) is 0.500. The number of anilines is 1. The molecule has 4 heteroatoms. The molecule has 1 fully saturated rings. The van der Waals surface area contributed by atoms with Gasteiger partial charge in [0.25, 0.3) is 0 Å². The molecule has 1 saturated heterocycles. The van der Waals surface area contributed by atoms with Crippen molar-refractivity contribution in [1.82, 2.24) is 0 Å². The molecule has 1 aliphatic rings. The molecule has 0 radical (unpaired) electrons. The summed E-state index contributed by atoms with van der Waals surface area (Å²) in [6.45, 7) is 6.20. The fourth-order valence-corrected chi connectivity index (χ4v) is 3.47. The third-order valence-electron chi connectivity index (χ3n) is 3.40. The molecule has 1 atom stereocenters. The molecule has 1 heterocycles. The Morgan fingerprint density at radius 3 is 2.94 bits per heavy atom. The molecule has 98 valence electrons. The van der Waals surface area contributed by atoms with Gasteiger partial charge in [0.05, 0.1) is 5.56 Å². The Hall–Kier alpha value is -1.16. The molecule has 0 aliphatic carbocycles. The normalized spacial score (nSPS) is 19.9. The molecule has 1 unspecified atom stereocenters. The molecule has 3 nitrogen and oxygen atoms in total. The molecular formula is C14H19NO2S. The topological polar surface area (TPSA) is 40.5 Å². The first-order valence-electron chi connectivity index (χ1n) is 6.32. The first kappa shape index (κ1) is 13.3. The van der Waals surface area contributed by atoms with Crippen LogP contribution in [-0.4, -0.2) is 35.2 Å². The highest BCUT2D eigenvalue weighted by molar-refractivity contribution is 8.00. The average molecular weight is 265 g/mol. The number of nitrogens with zero attached hydrogens (tertiary/aromatic N) is 1. The number of rotatable bonds is 3. The monoisotopic (exact) mass is 265 g/mol. The van der Waals surface area contributed by atoms with Gasteiger partial charge in [-0.05, 0) is 37.1 Å². The van der Waals surface area contributed by atoms with Crippen LogP contribution in [0, 0.1) is 6.92 Å². The molecule has 1 aromatic carbocycles. The third kappa shape index (κ3) is 2.80. The molecule has 1 aliphatic heterocycles. The first-order chi connectivity index (χ1) is 8.61. The van der Waals surface area contributed by atoms with Crippen LogP contribution in [0.5, 0.6) is 0 Å². The van der Waals surface area contributed by atoms with E-state index in [1.807, 2.05) is 30.8 Å². The van der Waals surface area contributed by atoms with E-state index in [0.717, 1.165) is 30.1 Å². The molecule has 2 rings (SSSR count). The van der Waals surface area contributed by atoms with Crippen LogP contribution in [0.3, 0.4) is 0 Å².